The van der Waals surface area contributed by atoms with Gasteiger partial charge in [-0.05, 0) is 17.7 Å². The molecule has 0 saturated heterocycles. The average molecular weight is 203 g/mol. The molecule has 0 aromatic heterocycles. The zero-order valence-electron chi connectivity index (χ0n) is 6.71. The summed E-state index contributed by atoms with van der Waals surface area (Å²) in [6.07, 6.45) is 1.37. The van der Waals surface area contributed by atoms with Gasteiger partial charge in [0, 0.05) is 6.08 Å². The van der Waals surface area contributed by atoms with Gasteiger partial charge in [-0.3, -0.25) is 10.1 Å². The van der Waals surface area contributed by atoms with E-state index in [0.717, 1.165) is 6.08 Å². The first-order valence-corrected chi connectivity index (χ1v) is 3.47. The monoisotopic (exact) mass is 203 g/mol. The van der Waals surface area contributed by atoms with E-state index in [-0.39, 0.29) is 5.56 Å². The molecule has 1 aromatic rings. The molecule has 0 spiro atoms. The van der Waals surface area contributed by atoms with Crippen molar-refractivity contribution in [2.24, 2.45) is 0 Å². The van der Waals surface area contributed by atoms with Gasteiger partial charge in [0.2, 0.25) is 6.20 Å². The van der Waals surface area contributed by atoms with Crippen molar-refractivity contribution in [2.45, 2.75) is 0 Å². The lowest BCUT2D eigenvalue weighted by Crippen LogP contribution is -1.91. The van der Waals surface area contributed by atoms with Crippen LogP contribution in [0.2, 0.25) is 0 Å². The molecule has 0 saturated carbocycles. The molecule has 0 unspecified atom stereocenters. The summed E-state index contributed by atoms with van der Waals surface area (Å²) >= 11 is 0. The Labute approximate surface area is 76.6 Å². The molecule has 0 aliphatic carbocycles. The van der Waals surface area contributed by atoms with Crippen molar-refractivity contribution in [2.75, 3.05) is 0 Å². The SMILES string of the molecule is O=[N+]([O-])/C=C\c1cc(F)c(F)c(F)c1. The minimum atomic E-state index is -1.59. The fraction of sp³-hybridized carbons (Fsp3) is 0. The minimum absolute atomic E-state index is 0.113. The maximum Gasteiger partial charge on any atom is 0.235 e. The van der Waals surface area contributed by atoms with Crippen LogP contribution in [0.3, 0.4) is 0 Å². The van der Waals surface area contributed by atoms with Crippen molar-refractivity contribution in [3.8, 4) is 0 Å². The van der Waals surface area contributed by atoms with E-state index in [1.54, 1.807) is 0 Å². The first-order chi connectivity index (χ1) is 6.50. The molecule has 0 bridgehead atoms. The molecule has 14 heavy (non-hydrogen) atoms. The third-order valence-electron chi connectivity index (χ3n) is 1.39. The molecule has 1 rings (SSSR count). The average Bonchev–Trinajstić information content (AvgIpc) is 2.10. The lowest BCUT2D eigenvalue weighted by Gasteiger charge is -1.96. The Morgan fingerprint density at radius 3 is 2.14 bits per heavy atom. The van der Waals surface area contributed by atoms with Gasteiger partial charge in [0.15, 0.2) is 17.5 Å². The highest BCUT2D eigenvalue weighted by Gasteiger charge is 2.09. The smallest absolute Gasteiger partial charge is 0.235 e. The van der Waals surface area contributed by atoms with Crippen molar-refractivity contribution in [1.29, 1.82) is 0 Å². The summed E-state index contributed by atoms with van der Waals surface area (Å²) in [6.45, 7) is 0. The summed E-state index contributed by atoms with van der Waals surface area (Å²) in [5, 5.41) is 9.87. The van der Waals surface area contributed by atoms with E-state index in [2.05, 4.69) is 0 Å². The molecule has 0 amide bonds. The highest BCUT2D eigenvalue weighted by atomic mass is 19.2. The van der Waals surface area contributed by atoms with E-state index >= 15 is 0 Å². The van der Waals surface area contributed by atoms with E-state index < -0.39 is 22.4 Å². The second-order valence-corrected chi connectivity index (χ2v) is 2.40. The van der Waals surface area contributed by atoms with Crippen LogP contribution in [0, 0.1) is 27.6 Å². The Bertz CT molecular complexity index is 381. The summed E-state index contributed by atoms with van der Waals surface area (Å²) in [4.78, 5) is 9.07. The van der Waals surface area contributed by atoms with Gasteiger partial charge >= 0.3 is 0 Å². The second kappa shape index (κ2) is 3.91. The number of rotatable bonds is 2. The van der Waals surface area contributed by atoms with E-state index in [0.29, 0.717) is 18.3 Å². The summed E-state index contributed by atoms with van der Waals surface area (Å²) in [6, 6.07) is 1.33. The molecule has 0 N–H and O–H groups in total. The molecule has 0 radical (unpaired) electrons. The van der Waals surface area contributed by atoms with Crippen LogP contribution in [0.4, 0.5) is 13.2 Å². The zero-order chi connectivity index (χ0) is 10.7. The van der Waals surface area contributed by atoms with Crippen molar-refractivity contribution in [1.82, 2.24) is 0 Å². The maximum absolute atomic E-state index is 12.5. The third-order valence-corrected chi connectivity index (χ3v) is 1.39. The summed E-state index contributed by atoms with van der Waals surface area (Å²) in [5.74, 6) is -4.36. The van der Waals surface area contributed by atoms with Gasteiger partial charge in [-0.25, -0.2) is 13.2 Å². The summed E-state index contributed by atoms with van der Waals surface area (Å²) in [5.41, 5.74) is -0.113. The number of nitro groups is 1. The summed E-state index contributed by atoms with van der Waals surface area (Å²) < 4.78 is 37.5. The molecule has 0 atom stereocenters. The Balaban J connectivity index is 3.07. The van der Waals surface area contributed by atoms with E-state index in [9.17, 15) is 23.3 Å². The topological polar surface area (TPSA) is 43.1 Å². The second-order valence-electron chi connectivity index (χ2n) is 2.40. The summed E-state index contributed by atoms with van der Waals surface area (Å²) in [7, 11) is 0. The van der Waals surface area contributed by atoms with Gasteiger partial charge in [-0.15, -0.1) is 0 Å². The standard InChI is InChI=1S/C8H4F3NO2/c9-6-3-5(1-2-12(13)14)4-7(10)8(6)11/h1-4H/b2-1-. The van der Waals surface area contributed by atoms with Crippen LogP contribution in [0.1, 0.15) is 5.56 Å². The molecule has 0 aliphatic heterocycles. The van der Waals surface area contributed by atoms with Crippen molar-refractivity contribution in [3.05, 3.63) is 51.5 Å². The Morgan fingerprint density at radius 1 is 1.21 bits per heavy atom. The highest BCUT2D eigenvalue weighted by Crippen LogP contribution is 2.14. The van der Waals surface area contributed by atoms with Crippen LogP contribution in [-0.2, 0) is 0 Å². The van der Waals surface area contributed by atoms with Crippen molar-refractivity contribution < 1.29 is 18.1 Å². The molecule has 1 aromatic carbocycles. The normalized spacial score (nSPS) is 10.8. The molecule has 0 heterocycles. The van der Waals surface area contributed by atoms with Crippen molar-refractivity contribution >= 4 is 6.08 Å². The fourth-order valence-electron chi connectivity index (χ4n) is 0.818. The predicted molar refractivity (Wildman–Crippen MR) is 42.3 cm³/mol. The lowest BCUT2D eigenvalue weighted by atomic mass is 10.2. The molecule has 6 heteroatoms. The van der Waals surface area contributed by atoms with E-state index in [4.69, 9.17) is 0 Å². The van der Waals surface area contributed by atoms with Crippen molar-refractivity contribution in [3.63, 3.8) is 0 Å². The molecular formula is C8H4F3NO2. The van der Waals surface area contributed by atoms with Gasteiger partial charge in [0.25, 0.3) is 0 Å². The van der Waals surface area contributed by atoms with Gasteiger partial charge in [-0.2, -0.15) is 0 Å². The van der Waals surface area contributed by atoms with Crippen LogP contribution >= 0.6 is 0 Å². The van der Waals surface area contributed by atoms with Gasteiger partial charge < -0.3 is 0 Å². The molecule has 74 valence electrons. The number of benzene rings is 1. The van der Waals surface area contributed by atoms with E-state index in [1.807, 2.05) is 0 Å². The molecular weight excluding hydrogens is 199 g/mol. The minimum Gasteiger partial charge on any atom is -0.259 e. The van der Waals surface area contributed by atoms with Gasteiger partial charge in [0.1, 0.15) is 0 Å². The van der Waals surface area contributed by atoms with Gasteiger partial charge in [-0.1, -0.05) is 0 Å². The molecule has 0 fully saturated rings. The largest absolute Gasteiger partial charge is 0.259 e. The van der Waals surface area contributed by atoms with Crippen LogP contribution in [0.5, 0.6) is 0 Å². The number of hydrogen-bond donors (Lipinski definition) is 0. The number of hydrogen-bond acceptors (Lipinski definition) is 2. The van der Waals surface area contributed by atoms with Crippen LogP contribution in [0.15, 0.2) is 18.3 Å². The van der Waals surface area contributed by atoms with Crippen LogP contribution < -0.4 is 0 Å². The third kappa shape index (κ3) is 2.32. The lowest BCUT2D eigenvalue weighted by molar-refractivity contribution is -0.400. The Kier molecular flexibility index (Phi) is 2.85. The Hall–Kier alpha value is -1.85. The maximum atomic E-state index is 12.5. The molecule has 0 aliphatic rings. The number of nitrogens with zero attached hydrogens (tertiary/aromatic N) is 1. The van der Waals surface area contributed by atoms with Gasteiger partial charge in [0.05, 0.1) is 4.92 Å². The number of halogens is 3. The fourth-order valence-corrected chi connectivity index (χ4v) is 0.818. The quantitative estimate of drug-likeness (QED) is 0.420. The van der Waals surface area contributed by atoms with E-state index in [1.165, 1.54) is 0 Å². The zero-order valence-corrected chi connectivity index (χ0v) is 6.71. The molecule has 3 nitrogen and oxygen atoms in total. The first kappa shape index (κ1) is 10.2. The predicted octanol–water partition coefficient (Wildman–Crippen LogP) is 2.35. The van der Waals surface area contributed by atoms with Crippen LogP contribution in [0.25, 0.3) is 6.08 Å². The Morgan fingerprint density at radius 2 is 1.71 bits per heavy atom. The van der Waals surface area contributed by atoms with Crippen LogP contribution in [-0.4, -0.2) is 4.92 Å². The highest BCUT2D eigenvalue weighted by molar-refractivity contribution is 5.48. The first-order valence-electron chi connectivity index (χ1n) is 3.47.